The molecule has 1 fully saturated rings. The van der Waals surface area contributed by atoms with Crippen LogP contribution in [0.25, 0.3) is 10.9 Å². The van der Waals surface area contributed by atoms with Crippen molar-refractivity contribution in [1.82, 2.24) is 20.9 Å². The normalized spacial score (nSPS) is 19.0. The highest BCUT2D eigenvalue weighted by molar-refractivity contribution is 6.31. The third-order valence-corrected chi connectivity index (χ3v) is 5.01. The van der Waals surface area contributed by atoms with Gasteiger partial charge in [0.05, 0.1) is 5.52 Å². The first-order valence-corrected chi connectivity index (χ1v) is 10.1. The predicted octanol–water partition coefficient (Wildman–Crippen LogP) is 2.65. The average Bonchev–Trinajstić information content (AvgIpc) is 2.66. The third-order valence-electron chi connectivity index (χ3n) is 4.77. The van der Waals surface area contributed by atoms with Crippen LogP contribution in [0.4, 0.5) is 5.69 Å². The number of nitrogens with one attached hydrogen (secondary N) is 3. The lowest BCUT2D eigenvalue weighted by Crippen LogP contribution is -2.31. The van der Waals surface area contributed by atoms with Crippen LogP contribution < -0.4 is 20.9 Å². The first-order chi connectivity index (χ1) is 12.8. The van der Waals surface area contributed by atoms with Crippen LogP contribution in [-0.4, -0.2) is 57.3 Å². The van der Waals surface area contributed by atoms with E-state index in [-0.39, 0.29) is 0 Å². The van der Waals surface area contributed by atoms with E-state index in [0.717, 1.165) is 75.7 Å². The smallest absolute Gasteiger partial charge is 0.0737 e. The topological polar surface area (TPSA) is 52.2 Å². The molecular formula is C20H30ClN5. The highest BCUT2D eigenvalue weighted by Crippen LogP contribution is 2.27. The molecule has 1 aliphatic heterocycles. The Hall–Kier alpha value is -1.40. The largest absolute Gasteiger partial charge is 0.371 e. The van der Waals surface area contributed by atoms with Gasteiger partial charge < -0.3 is 20.9 Å². The summed E-state index contributed by atoms with van der Waals surface area (Å²) in [5.74, 6) is 0. The molecule has 0 atom stereocenters. The Morgan fingerprint density at radius 1 is 0.808 bits per heavy atom. The zero-order valence-electron chi connectivity index (χ0n) is 15.4. The van der Waals surface area contributed by atoms with Gasteiger partial charge >= 0.3 is 0 Å². The summed E-state index contributed by atoms with van der Waals surface area (Å²) in [6, 6.07) is 8.13. The number of fused-ring (bicyclic) bond motifs is 1. The van der Waals surface area contributed by atoms with Crippen molar-refractivity contribution in [2.75, 3.05) is 57.3 Å². The second-order valence-corrected chi connectivity index (χ2v) is 7.23. The lowest BCUT2D eigenvalue weighted by molar-refractivity contribution is 0.572. The molecule has 5 nitrogen and oxygen atoms in total. The Labute approximate surface area is 161 Å². The summed E-state index contributed by atoms with van der Waals surface area (Å²) in [5, 5.41) is 12.5. The molecule has 0 aliphatic carbocycles. The summed E-state index contributed by atoms with van der Waals surface area (Å²) in [4.78, 5) is 6.99. The first kappa shape index (κ1) is 19.4. The van der Waals surface area contributed by atoms with Gasteiger partial charge in [-0.25, -0.2) is 0 Å². The lowest BCUT2D eigenvalue weighted by Gasteiger charge is -2.26. The van der Waals surface area contributed by atoms with Gasteiger partial charge in [-0.05, 0) is 69.7 Å². The molecule has 0 spiro atoms. The zero-order valence-corrected chi connectivity index (χ0v) is 16.2. The summed E-state index contributed by atoms with van der Waals surface area (Å²) in [7, 11) is 0. The Morgan fingerprint density at radius 3 is 2.19 bits per heavy atom. The van der Waals surface area contributed by atoms with Gasteiger partial charge in [0.1, 0.15) is 0 Å². The highest BCUT2D eigenvalue weighted by Gasteiger charge is 2.11. The summed E-state index contributed by atoms with van der Waals surface area (Å²) < 4.78 is 0. The summed E-state index contributed by atoms with van der Waals surface area (Å²) in [6.07, 6.45) is 5.34. The fourth-order valence-corrected chi connectivity index (χ4v) is 3.58. The SMILES string of the molecule is Clc1ccc2c(N3CCCNCCCNCCNCCC3)ccnc2c1. The van der Waals surface area contributed by atoms with E-state index >= 15 is 0 Å². The Balaban J connectivity index is 1.72. The fourth-order valence-electron chi connectivity index (χ4n) is 3.41. The monoisotopic (exact) mass is 375 g/mol. The zero-order chi connectivity index (χ0) is 18.0. The number of benzene rings is 1. The minimum Gasteiger partial charge on any atom is -0.371 e. The molecule has 0 unspecified atom stereocenters. The molecule has 142 valence electrons. The van der Waals surface area contributed by atoms with E-state index in [1.54, 1.807) is 0 Å². The van der Waals surface area contributed by atoms with Gasteiger partial charge in [0.25, 0.3) is 0 Å². The maximum absolute atomic E-state index is 6.14. The Bertz CT molecular complexity index is 662. The van der Waals surface area contributed by atoms with Crippen LogP contribution in [0.2, 0.25) is 5.02 Å². The molecule has 26 heavy (non-hydrogen) atoms. The number of pyridine rings is 1. The van der Waals surface area contributed by atoms with E-state index in [2.05, 4.69) is 38.0 Å². The van der Waals surface area contributed by atoms with Crippen molar-refractivity contribution in [3.8, 4) is 0 Å². The van der Waals surface area contributed by atoms with Gasteiger partial charge in [0, 0.05) is 48.5 Å². The highest BCUT2D eigenvalue weighted by atomic mass is 35.5. The quantitative estimate of drug-likeness (QED) is 0.715. The van der Waals surface area contributed by atoms with Gasteiger partial charge in [0.2, 0.25) is 0 Å². The van der Waals surface area contributed by atoms with E-state index in [1.165, 1.54) is 17.5 Å². The van der Waals surface area contributed by atoms with Crippen LogP contribution in [0, 0.1) is 0 Å². The molecule has 1 aromatic heterocycles. The van der Waals surface area contributed by atoms with Gasteiger partial charge in [-0.15, -0.1) is 0 Å². The van der Waals surface area contributed by atoms with Gasteiger partial charge in [0.15, 0.2) is 0 Å². The van der Waals surface area contributed by atoms with Crippen LogP contribution >= 0.6 is 11.6 Å². The average molecular weight is 376 g/mol. The molecule has 1 saturated heterocycles. The Morgan fingerprint density at radius 2 is 1.46 bits per heavy atom. The molecular weight excluding hydrogens is 346 g/mol. The predicted molar refractivity (Wildman–Crippen MR) is 111 cm³/mol. The molecule has 0 radical (unpaired) electrons. The van der Waals surface area contributed by atoms with Crippen LogP contribution in [0.1, 0.15) is 19.3 Å². The van der Waals surface area contributed by atoms with Crippen LogP contribution in [0.3, 0.4) is 0 Å². The van der Waals surface area contributed by atoms with Gasteiger partial charge in [-0.1, -0.05) is 11.6 Å². The molecule has 1 aromatic carbocycles. The van der Waals surface area contributed by atoms with Crippen molar-refractivity contribution in [2.24, 2.45) is 0 Å². The minimum atomic E-state index is 0.737. The lowest BCUT2D eigenvalue weighted by atomic mass is 10.1. The number of anilines is 1. The maximum atomic E-state index is 6.14. The molecule has 3 rings (SSSR count). The first-order valence-electron chi connectivity index (χ1n) is 9.76. The van der Waals surface area contributed by atoms with Crippen molar-refractivity contribution < 1.29 is 0 Å². The molecule has 0 saturated carbocycles. The van der Waals surface area contributed by atoms with E-state index in [1.807, 2.05) is 18.3 Å². The summed E-state index contributed by atoms with van der Waals surface area (Å²) in [6.45, 7) is 8.44. The van der Waals surface area contributed by atoms with Crippen LogP contribution in [0.15, 0.2) is 30.5 Å². The second kappa shape index (κ2) is 10.7. The van der Waals surface area contributed by atoms with Crippen molar-refractivity contribution >= 4 is 28.2 Å². The number of nitrogens with zero attached hydrogens (tertiary/aromatic N) is 2. The number of hydrogen-bond donors (Lipinski definition) is 3. The molecule has 1 aliphatic rings. The standard InChI is InChI=1S/C20H30ClN5/c21-17-4-5-18-19(16-17)25-11-6-20(18)26-14-2-9-22-7-1-8-23-12-13-24-10-3-15-26/h4-6,11,16,22-24H,1-3,7-10,12-15H2. The maximum Gasteiger partial charge on any atom is 0.0737 e. The van der Waals surface area contributed by atoms with Crippen molar-refractivity contribution in [2.45, 2.75) is 19.3 Å². The van der Waals surface area contributed by atoms with E-state index in [4.69, 9.17) is 11.6 Å². The molecule has 2 aromatic rings. The van der Waals surface area contributed by atoms with Gasteiger partial charge in [-0.2, -0.15) is 0 Å². The van der Waals surface area contributed by atoms with Crippen LogP contribution in [-0.2, 0) is 0 Å². The summed E-state index contributed by atoms with van der Waals surface area (Å²) in [5.41, 5.74) is 2.23. The number of rotatable bonds is 1. The Kier molecular flexibility index (Phi) is 7.95. The van der Waals surface area contributed by atoms with Crippen LogP contribution in [0.5, 0.6) is 0 Å². The van der Waals surface area contributed by atoms with Crippen molar-refractivity contribution in [3.05, 3.63) is 35.5 Å². The van der Waals surface area contributed by atoms with Crippen molar-refractivity contribution in [1.29, 1.82) is 0 Å². The molecule has 0 bridgehead atoms. The molecule has 3 N–H and O–H groups in total. The number of hydrogen-bond acceptors (Lipinski definition) is 5. The number of aromatic nitrogens is 1. The third kappa shape index (κ3) is 5.81. The van der Waals surface area contributed by atoms with Gasteiger partial charge in [-0.3, -0.25) is 4.98 Å². The molecule has 2 heterocycles. The fraction of sp³-hybridized carbons (Fsp3) is 0.550. The second-order valence-electron chi connectivity index (χ2n) is 6.79. The molecule has 6 heteroatoms. The molecule has 0 amide bonds. The van der Waals surface area contributed by atoms with E-state index in [0.29, 0.717) is 0 Å². The van der Waals surface area contributed by atoms with E-state index in [9.17, 15) is 0 Å². The van der Waals surface area contributed by atoms with E-state index < -0.39 is 0 Å². The summed E-state index contributed by atoms with van der Waals surface area (Å²) >= 11 is 6.14. The minimum absolute atomic E-state index is 0.737. The van der Waals surface area contributed by atoms with Crippen molar-refractivity contribution in [3.63, 3.8) is 0 Å². The number of halogens is 1.